The maximum Gasteiger partial charge on any atom is 0.251 e. The van der Waals surface area contributed by atoms with E-state index >= 15 is 0 Å². The van der Waals surface area contributed by atoms with Crippen LogP contribution in [0, 0.1) is 12.7 Å². The molecule has 4 nitrogen and oxygen atoms in total. The second-order valence-electron chi connectivity index (χ2n) is 6.83. The Morgan fingerprint density at radius 1 is 1.15 bits per heavy atom. The van der Waals surface area contributed by atoms with Crippen molar-refractivity contribution < 1.29 is 9.18 Å². The molecule has 1 saturated carbocycles. The van der Waals surface area contributed by atoms with Gasteiger partial charge in [-0.1, -0.05) is 24.3 Å². The molecule has 0 spiro atoms. The van der Waals surface area contributed by atoms with Crippen LogP contribution >= 0.6 is 0 Å². The van der Waals surface area contributed by atoms with Gasteiger partial charge in [0.05, 0.1) is 5.69 Å². The van der Waals surface area contributed by atoms with Crippen molar-refractivity contribution in [1.82, 2.24) is 15.1 Å². The van der Waals surface area contributed by atoms with Crippen LogP contribution < -0.4 is 5.32 Å². The summed E-state index contributed by atoms with van der Waals surface area (Å²) in [6, 6.07) is 13.1. The van der Waals surface area contributed by atoms with E-state index in [4.69, 9.17) is 0 Å². The van der Waals surface area contributed by atoms with Crippen LogP contribution in [0.25, 0.3) is 22.4 Å². The van der Waals surface area contributed by atoms with Crippen LogP contribution in [-0.4, -0.2) is 21.7 Å². The molecule has 0 radical (unpaired) electrons. The van der Waals surface area contributed by atoms with Crippen LogP contribution in [0.2, 0.25) is 0 Å². The van der Waals surface area contributed by atoms with E-state index in [1.165, 1.54) is 6.07 Å². The number of benzene rings is 2. The third kappa shape index (κ3) is 3.25. The summed E-state index contributed by atoms with van der Waals surface area (Å²) >= 11 is 0. The largest absolute Gasteiger partial charge is 0.349 e. The van der Waals surface area contributed by atoms with Crippen molar-refractivity contribution in [3.8, 4) is 22.4 Å². The Balaban J connectivity index is 1.67. The molecule has 5 heteroatoms. The molecule has 2 aromatic carbocycles. The lowest BCUT2D eigenvalue weighted by Crippen LogP contribution is -2.25. The van der Waals surface area contributed by atoms with E-state index in [1.807, 2.05) is 43.6 Å². The van der Waals surface area contributed by atoms with Crippen molar-refractivity contribution in [2.45, 2.75) is 25.8 Å². The smallest absolute Gasteiger partial charge is 0.251 e. The highest BCUT2D eigenvalue weighted by Gasteiger charge is 2.24. The molecule has 1 N–H and O–H groups in total. The van der Waals surface area contributed by atoms with Gasteiger partial charge in [0.2, 0.25) is 0 Å². The Morgan fingerprint density at radius 3 is 2.46 bits per heavy atom. The number of hydrogen-bond donors (Lipinski definition) is 1. The van der Waals surface area contributed by atoms with E-state index < -0.39 is 0 Å². The number of nitrogens with zero attached hydrogens (tertiary/aromatic N) is 2. The Morgan fingerprint density at radius 2 is 1.85 bits per heavy atom. The Hall–Kier alpha value is -2.95. The molecule has 1 amide bonds. The SMILES string of the molecule is Cc1c(F)cc(C(=O)NC2CC2)cc1-c1ccc(-c2ccn(C)n2)cc1. The molecule has 3 aromatic rings. The zero-order valence-corrected chi connectivity index (χ0v) is 14.8. The van der Waals surface area contributed by atoms with Gasteiger partial charge in [-0.15, -0.1) is 0 Å². The highest BCUT2D eigenvalue weighted by Crippen LogP contribution is 2.29. The van der Waals surface area contributed by atoms with Gasteiger partial charge in [0.1, 0.15) is 5.82 Å². The van der Waals surface area contributed by atoms with E-state index in [0.717, 1.165) is 35.2 Å². The molecule has 1 aliphatic rings. The van der Waals surface area contributed by atoms with E-state index in [9.17, 15) is 9.18 Å². The maximum atomic E-state index is 14.4. The number of carbonyl (C=O) groups is 1. The summed E-state index contributed by atoms with van der Waals surface area (Å²) in [6.45, 7) is 1.74. The summed E-state index contributed by atoms with van der Waals surface area (Å²) in [5, 5.41) is 7.30. The third-order valence-electron chi connectivity index (χ3n) is 4.72. The summed E-state index contributed by atoms with van der Waals surface area (Å²) in [7, 11) is 1.88. The molecule has 1 heterocycles. The fraction of sp³-hybridized carbons (Fsp3) is 0.238. The molecule has 1 fully saturated rings. The standard InChI is InChI=1S/C21H20FN3O/c1-13-18(11-16(12-19(13)22)21(26)23-17-7-8-17)14-3-5-15(6-4-14)20-9-10-25(2)24-20/h3-6,9-12,17H,7-8H2,1-2H3,(H,23,26). The molecule has 1 aromatic heterocycles. The first kappa shape index (κ1) is 16.5. The van der Waals surface area contributed by atoms with Gasteiger partial charge in [-0.3, -0.25) is 9.48 Å². The first-order valence-electron chi connectivity index (χ1n) is 8.73. The van der Waals surface area contributed by atoms with Crippen molar-refractivity contribution in [3.05, 3.63) is 65.6 Å². The minimum Gasteiger partial charge on any atom is -0.349 e. The molecule has 0 aliphatic heterocycles. The lowest BCUT2D eigenvalue weighted by molar-refractivity contribution is 0.0950. The van der Waals surface area contributed by atoms with E-state index in [2.05, 4.69) is 10.4 Å². The van der Waals surface area contributed by atoms with E-state index in [-0.39, 0.29) is 17.8 Å². The number of carbonyl (C=O) groups excluding carboxylic acids is 1. The minimum absolute atomic E-state index is 0.210. The normalized spacial score (nSPS) is 13.7. The summed E-state index contributed by atoms with van der Waals surface area (Å²) < 4.78 is 16.1. The van der Waals surface area contributed by atoms with E-state index in [0.29, 0.717) is 11.1 Å². The Bertz CT molecular complexity index is 971. The number of halogens is 1. The summed E-state index contributed by atoms with van der Waals surface area (Å²) in [5.41, 5.74) is 4.40. The van der Waals surface area contributed by atoms with Crippen LogP contribution in [0.3, 0.4) is 0 Å². The van der Waals surface area contributed by atoms with Gasteiger partial charge in [0.15, 0.2) is 0 Å². The predicted molar refractivity (Wildman–Crippen MR) is 99.3 cm³/mol. The predicted octanol–water partition coefficient (Wildman–Crippen LogP) is 4.09. The van der Waals surface area contributed by atoms with Crippen molar-refractivity contribution in [3.63, 3.8) is 0 Å². The second kappa shape index (κ2) is 6.41. The molecule has 132 valence electrons. The fourth-order valence-electron chi connectivity index (χ4n) is 3.00. The molecule has 26 heavy (non-hydrogen) atoms. The highest BCUT2D eigenvalue weighted by atomic mass is 19.1. The number of amides is 1. The number of hydrogen-bond acceptors (Lipinski definition) is 2. The highest BCUT2D eigenvalue weighted by molar-refractivity contribution is 5.96. The van der Waals surface area contributed by atoms with Crippen molar-refractivity contribution in [2.75, 3.05) is 0 Å². The monoisotopic (exact) mass is 349 g/mol. The Labute approximate surface area is 151 Å². The van der Waals surface area contributed by atoms with Gasteiger partial charge in [-0.2, -0.15) is 5.10 Å². The molecular formula is C21H20FN3O. The third-order valence-corrected chi connectivity index (χ3v) is 4.72. The zero-order chi connectivity index (χ0) is 18.3. The first-order chi connectivity index (χ1) is 12.5. The minimum atomic E-state index is -0.364. The van der Waals surface area contributed by atoms with Crippen molar-refractivity contribution in [1.29, 1.82) is 0 Å². The van der Waals surface area contributed by atoms with Gasteiger partial charge in [0.25, 0.3) is 5.91 Å². The van der Waals surface area contributed by atoms with Crippen LogP contribution in [-0.2, 0) is 7.05 Å². The molecule has 1 aliphatic carbocycles. The Kier molecular flexibility index (Phi) is 4.07. The maximum absolute atomic E-state index is 14.4. The molecule has 0 bridgehead atoms. The van der Waals surface area contributed by atoms with Crippen LogP contribution in [0.5, 0.6) is 0 Å². The lowest BCUT2D eigenvalue weighted by atomic mass is 9.96. The second-order valence-corrected chi connectivity index (χ2v) is 6.83. The topological polar surface area (TPSA) is 46.9 Å². The van der Waals surface area contributed by atoms with E-state index in [1.54, 1.807) is 17.7 Å². The van der Waals surface area contributed by atoms with Gasteiger partial charge in [-0.05, 0) is 54.7 Å². The van der Waals surface area contributed by atoms with Gasteiger partial charge >= 0.3 is 0 Å². The van der Waals surface area contributed by atoms with Crippen LogP contribution in [0.1, 0.15) is 28.8 Å². The summed E-state index contributed by atoms with van der Waals surface area (Å²) in [4.78, 5) is 12.3. The molecular weight excluding hydrogens is 329 g/mol. The molecule has 0 atom stereocenters. The number of rotatable bonds is 4. The van der Waals surface area contributed by atoms with Crippen molar-refractivity contribution in [2.24, 2.45) is 7.05 Å². The molecule has 0 unspecified atom stereocenters. The van der Waals surface area contributed by atoms with Gasteiger partial charge in [-0.25, -0.2) is 4.39 Å². The number of nitrogens with one attached hydrogen (secondary N) is 1. The summed E-state index contributed by atoms with van der Waals surface area (Å²) in [6.07, 6.45) is 3.90. The van der Waals surface area contributed by atoms with Gasteiger partial charge in [0, 0.05) is 30.4 Å². The molecule has 0 saturated heterocycles. The lowest BCUT2D eigenvalue weighted by Gasteiger charge is -2.11. The summed E-state index contributed by atoms with van der Waals surface area (Å²) in [5.74, 6) is -0.574. The quantitative estimate of drug-likeness (QED) is 0.771. The average molecular weight is 349 g/mol. The average Bonchev–Trinajstić information content (AvgIpc) is 3.34. The van der Waals surface area contributed by atoms with Crippen LogP contribution in [0.4, 0.5) is 4.39 Å². The molecule has 4 rings (SSSR count). The van der Waals surface area contributed by atoms with Crippen LogP contribution in [0.15, 0.2) is 48.7 Å². The van der Waals surface area contributed by atoms with Gasteiger partial charge < -0.3 is 5.32 Å². The van der Waals surface area contributed by atoms with Crippen molar-refractivity contribution >= 4 is 5.91 Å². The fourth-order valence-corrected chi connectivity index (χ4v) is 3.00. The zero-order valence-electron chi connectivity index (χ0n) is 14.8. The number of aromatic nitrogens is 2. The first-order valence-corrected chi connectivity index (χ1v) is 8.73. The number of aryl methyl sites for hydroxylation is 1.